The van der Waals surface area contributed by atoms with E-state index in [0.717, 1.165) is 24.8 Å². The molecule has 7 nitrogen and oxygen atoms in total. The van der Waals surface area contributed by atoms with Crippen molar-refractivity contribution in [3.05, 3.63) is 47.3 Å². The second-order valence-electron chi connectivity index (χ2n) is 14.8. The highest BCUT2D eigenvalue weighted by atomic mass is 16.6. The molecule has 0 aromatic carbocycles. The van der Waals surface area contributed by atoms with E-state index < -0.39 is 46.1 Å². The van der Waals surface area contributed by atoms with Gasteiger partial charge in [-0.25, -0.2) is 0 Å². The van der Waals surface area contributed by atoms with Crippen LogP contribution in [0, 0.1) is 22.7 Å². The number of fused-ring (bicyclic) bond motifs is 1. The molecule has 0 radical (unpaired) electrons. The van der Waals surface area contributed by atoms with Crippen LogP contribution in [0.4, 0.5) is 0 Å². The second-order valence-corrected chi connectivity index (χ2v) is 14.8. The summed E-state index contributed by atoms with van der Waals surface area (Å²) in [7, 11) is 0. The molecule has 0 aromatic rings. The van der Waals surface area contributed by atoms with Crippen molar-refractivity contribution in [1.82, 2.24) is 0 Å². The highest BCUT2D eigenvalue weighted by molar-refractivity contribution is 5.95. The van der Waals surface area contributed by atoms with E-state index in [2.05, 4.69) is 13.5 Å². The molecule has 0 aliphatic heterocycles. The van der Waals surface area contributed by atoms with Crippen LogP contribution in [0.3, 0.4) is 0 Å². The molecule has 2 bridgehead atoms. The van der Waals surface area contributed by atoms with Gasteiger partial charge in [-0.05, 0) is 63.2 Å². The first-order valence-electron chi connectivity index (χ1n) is 17.2. The van der Waals surface area contributed by atoms with Crippen LogP contribution in [0.1, 0.15) is 126 Å². The summed E-state index contributed by atoms with van der Waals surface area (Å²) in [4.78, 5) is 28.2. The molecule has 1 saturated carbocycles. The average molecular weight is 629 g/mol. The molecule has 4 unspecified atom stereocenters. The van der Waals surface area contributed by atoms with E-state index in [1.165, 1.54) is 38.5 Å². The van der Waals surface area contributed by atoms with E-state index in [1.54, 1.807) is 19.1 Å². The molecule has 0 aromatic heterocycles. The van der Waals surface area contributed by atoms with Crippen molar-refractivity contribution in [3.63, 3.8) is 0 Å². The Balaban J connectivity index is 1.91. The maximum atomic E-state index is 14.8. The lowest BCUT2D eigenvalue weighted by atomic mass is 9.59. The number of Topliss-reactive ketones (excluding diaryl/α,β-unsaturated/α-hetero) is 1. The van der Waals surface area contributed by atoms with Gasteiger partial charge in [-0.15, -0.1) is 0 Å². The van der Waals surface area contributed by atoms with Crippen molar-refractivity contribution < 1.29 is 34.4 Å². The Morgan fingerprint density at radius 2 is 1.62 bits per heavy atom. The van der Waals surface area contributed by atoms with Crippen molar-refractivity contribution in [2.45, 2.75) is 149 Å². The number of aliphatic hydroxyl groups is 3. The Bertz CT molecular complexity index is 1190. The number of carbonyl (C=O) groups excluding carboxylic acids is 2. The Kier molecular flexibility index (Phi) is 12.2. The number of carbonyl (C=O) groups is 2. The molecule has 1 fully saturated rings. The lowest BCUT2D eigenvalue weighted by Gasteiger charge is -2.48. The molecule has 7 heteroatoms. The number of esters is 1. The Hall–Kier alpha value is -2.22. The van der Waals surface area contributed by atoms with Gasteiger partial charge in [0.05, 0.1) is 5.41 Å². The van der Waals surface area contributed by atoms with Crippen LogP contribution in [-0.2, 0) is 19.1 Å². The summed E-state index contributed by atoms with van der Waals surface area (Å²) in [5.74, 6) is -1.60. The summed E-state index contributed by atoms with van der Waals surface area (Å²) in [5.41, 5.74) is -4.29. The third-order valence-corrected chi connectivity index (χ3v) is 11.5. The number of ketones is 1. The largest absolute Gasteiger partial charge is 0.490 e. The van der Waals surface area contributed by atoms with Crippen molar-refractivity contribution in [3.8, 4) is 0 Å². The molecule has 0 heterocycles. The zero-order chi connectivity index (χ0) is 33.8. The summed E-state index contributed by atoms with van der Waals surface area (Å²) >= 11 is 0. The molecule has 1 spiro atoms. The Morgan fingerprint density at radius 3 is 2.20 bits per heavy atom. The van der Waals surface area contributed by atoms with Crippen LogP contribution in [0.5, 0.6) is 0 Å². The maximum Gasteiger partial charge on any atom is 0.306 e. The summed E-state index contributed by atoms with van der Waals surface area (Å²) in [6.45, 7) is 19.0. The van der Waals surface area contributed by atoms with Gasteiger partial charge >= 0.3 is 5.97 Å². The molecular weight excluding hydrogens is 568 g/mol. The normalized spacial score (nSPS) is 34.3. The van der Waals surface area contributed by atoms with Gasteiger partial charge in [0.1, 0.15) is 35.8 Å². The van der Waals surface area contributed by atoms with Gasteiger partial charge in [0.25, 0.3) is 0 Å². The first-order valence-corrected chi connectivity index (χ1v) is 17.2. The fourth-order valence-corrected chi connectivity index (χ4v) is 7.97. The van der Waals surface area contributed by atoms with Crippen LogP contribution in [0.15, 0.2) is 47.3 Å². The molecule has 3 rings (SSSR count). The van der Waals surface area contributed by atoms with Gasteiger partial charge in [-0.2, -0.15) is 0 Å². The minimum atomic E-state index is -2.23. The minimum absolute atomic E-state index is 0.126. The molecule has 3 aliphatic rings. The molecule has 3 N–H and O–H groups in total. The van der Waals surface area contributed by atoms with Gasteiger partial charge in [0, 0.05) is 17.8 Å². The molecular formula is C38H60O7. The zero-order valence-corrected chi connectivity index (χ0v) is 29.2. The molecule has 7 atom stereocenters. The van der Waals surface area contributed by atoms with E-state index in [0.29, 0.717) is 17.8 Å². The van der Waals surface area contributed by atoms with Crippen LogP contribution >= 0.6 is 0 Å². The number of hydrogen-bond donors (Lipinski definition) is 3. The van der Waals surface area contributed by atoms with E-state index in [1.807, 2.05) is 47.6 Å². The molecule has 45 heavy (non-hydrogen) atoms. The number of unbranched alkanes of at least 4 members (excludes halogenated alkanes) is 8. The standard InChI is InChI=1S/C38H60O7/c1-10-12-13-14-15-16-17-18-19-20-31(39)45-36(9)23-27(5)37-22-26(4)32(40)38(37,43)33(41)29(24-44-28(6)25(3)11-2)21-30(34(37)42)35(36,7)8/h11,21-22,27,30,32-33,40-41,43H,6,10,12-20,23-24H2,1-5,7-9H3/b25-11-/t27-,30?,32?,33?,36-,37?,38-/m1/s1. The summed E-state index contributed by atoms with van der Waals surface area (Å²) < 4.78 is 12.3. The predicted octanol–water partition coefficient (Wildman–Crippen LogP) is 7.30. The average Bonchev–Trinajstić information content (AvgIpc) is 3.14. The predicted molar refractivity (Wildman–Crippen MR) is 178 cm³/mol. The van der Waals surface area contributed by atoms with Crippen molar-refractivity contribution in [2.75, 3.05) is 6.61 Å². The molecule has 254 valence electrons. The van der Waals surface area contributed by atoms with E-state index in [9.17, 15) is 24.9 Å². The number of hydrogen-bond acceptors (Lipinski definition) is 7. The lowest BCUT2D eigenvalue weighted by molar-refractivity contribution is -0.191. The summed E-state index contributed by atoms with van der Waals surface area (Å²) in [6.07, 6.45) is 13.1. The topological polar surface area (TPSA) is 113 Å². The Labute approximate surface area is 271 Å². The van der Waals surface area contributed by atoms with E-state index in [-0.39, 0.29) is 30.4 Å². The summed E-state index contributed by atoms with van der Waals surface area (Å²) in [6, 6.07) is 0. The monoisotopic (exact) mass is 628 g/mol. The van der Waals surface area contributed by atoms with Crippen LogP contribution in [0.25, 0.3) is 0 Å². The molecule has 3 aliphatic carbocycles. The van der Waals surface area contributed by atoms with Crippen LogP contribution < -0.4 is 0 Å². The fraction of sp³-hybridized carbons (Fsp3) is 0.737. The van der Waals surface area contributed by atoms with Crippen LogP contribution in [0.2, 0.25) is 0 Å². The lowest BCUT2D eigenvalue weighted by Crippen LogP contribution is -2.65. The highest BCUT2D eigenvalue weighted by Crippen LogP contribution is 2.63. The number of rotatable bonds is 15. The summed E-state index contributed by atoms with van der Waals surface area (Å²) in [5, 5.41) is 35.7. The third-order valence-electron chi connectivity index (χ3n) is 11.5. The highest BCUT2D eigenvalue weighted by Gasteiger charge is 2.73. The minimum Gasteiger partial charge on any atom is -0.490 e. The van der Waals surface area contributed by atoms with Crippen LogP contribution in [-0.4, -0.2) is 57.1 Å². The van der Waals surface area contributed by atoms with E-state index >= 15 is 0 Å². The van der Waals surface area contributed by atoms with Gasteiger partial charge in [0.2, 0.25) is 0 Å². The van der Waals surface area contributed by atoms with Gasteiger partial charge in [-0.3, -0.25) is 9.59 Å². The zero-order valence-electron chi connectivity index (χ0n) is 29.2. The van der Waals surface area contributed by atoms with Gasteiger partial charge in [-0.1, -0.05) is 104 Å². The SMILES string of the molecule is C=C(OCC1=CC2C(=O)C3(C=C(C)C(O)[C@@]3(O)C1O)[C@H](C)C[C@@](C)(OC(=O)CCCCCCCCCCC)C2(C)C)/C(C)=C\C. The van der Waals surface area contributed by atoms with E-state index in [4.69, 9.17) is 9.47 Å². The smallest absolute Gasteiger partial charge is 0.306 e. The van der Waals surface area contributed by atoms with Gasteiger partial charge < -0.3 is 24.8 Å². The third kappa shape index (κ3) is 6.78. The fourth-order valence-electron chi connectivity index (χ4n) is 7.97. The second kappa shape index (κ2) is 14.7. The quantitative estimate of drug-likeness (QED) is 0.0574. The van der Waals surface area contributed by atoms with Crippen molar-refractivity contribution in [1.29, 1.82) is 0 Å². The van der Waals surface area contributed by atoms with Gasteiger partial charge in [0.15, 0.2) is 5.78 Å². The molecule has 0 amide bonds. The first kappa shape index (κ1) is 37.2. The Morgan fingerprint density at radius 1 is 1.04 bits per heavy atom. The number of aliphatic hydroxyl groups excluding tert-OH is 2. The molecule has 0 saturated heterocycles. The number of ether oxygens (including phenoxy) is 2. The number of allylic oxidation sites excluding steroid dienone is 3. The maximum absolute atomic E-state index is 14.8. The van der Waals surface area contributed by atoms with Crippen molar-refractivity contribution in [2.24, 2.45) is 22.7 Å². The van der Waals surface area contributed by atoms with Crippen molar-refractivity contribution >= 4 is 11.8 Å². The first-order chi connectivity index (χ1) is 21.0.